The fourth-order valence-electron chi connectivity index (χ4n) is 1.35. The summed E-state index contributed by atoms with van der Waals surface area (Å²) in [7, 11) is -3.91. The number of hydrogen-bond donors (Lipinski definition) is 0. The minimum absolute atomic E-state index is 0.195. The van der Waals surface area contributed by atoms with Crippen LogP contribution in [-0.2, 0) is 9.84 Å². The van der Waals surface area contributed by atoms with Crippen molar-refractivity contribution < 1.29 is 21.6 Å². The molecule has 0 radical (unpaired) electrons. The fraction of sp³-hybridized carbons (Fsp3) is 0.714. The molecule has 1 heterocycles. The van der Waals surface area contributed by atoms with Crippen molar-refractivity contribution in [1.82, 2.24) is 9.80 Å². The average Bonchev–Trinajstić information content (AvgIpc) is 2.44. The van der Waals surface area contributed by atoms with Gasteiger partial charge in [-0.2, -0.15) is 13.2 Å². The van der Waals surface area contributed by atoms with Gasteiger partial charge in [-0.05, 0) is 6.92 Å². The van der Waals surface area contributed by atoms with Gasteiger partial charge in [0.2, 0.25) is 5.50 Å². The molecule has 88 valence electrons. The van der Waals surface area contributed by atoms with E-state index in [4.69, 9.17) is 0 Å². The first-order chi connectivity index (χ1) is 6.71. The van der Waals surface area contributed by atoms with E-state index in [-0.39, 0.29) is 6.54 Å². The molecule has 0 aliphatic carbocycles. The predicted octanol–water partition coefficient (Wildman–Crippen LogP) is 0.943. The van der Waals surface area contributed by atoms with Gasteiger partial charge in [-0.25, -0.2) is 8.42 Å². The quantitative estimate of drug-likeness (QED) is 0.725. The van der Waals surface area contributed by atoms with Crippen LogP contribution < -0.4 is 0 Å². The summed E-state index contributed by atoms with van der Waals surface area (Å²) in [6.07, 6.45) is 2.63. The van der Waals surface area contributed by atoms with Crippen molar-refractivity contribution >= 4 is 9.84 Å². The lowest BCUT2D eigenvalue weighted by atomic mass is 10.6. The van der Waals surface area contributed by atoms with Crippen molar-refractivity contribution in [2.24, 2.45) is 0 Å². The molecule has 0 saturated heterocycles. The van der Waals surface area contributed by atoms with Crippen LogP contribution in [0.1, 0.15) is 6.92 Å². The van der Waals surface area contributed by atoms with Gasteiger partial charge >= 0.3 is 5.51 Å². The second kappa shape index (κ2) is 3.58. The fourth-order valence-corrected chi connectivity index (χ4v) is 2.67. The molecule has 0 aromatic carbocycles. The van der Waals surface area contributed by atoms with Gasteiger partial charge in [-0.3, -0.25) is 0 Å². The Kier molecular flexibility index (Phi) is 2.90. The summed E-state index contributed by atoms with van der Waals surface area (Å²) in [5, 5.41) is 0. The molecule has 1 atom stereocenters. The Morgan fingerprint density at radius 2 is 1.87 bits per heavy atom. The van der Waals surface area contributed by atoms with Crippen molar-refractivity contribution in [3.8, 4) is 0 Å². The van der Waals surface area contributed by atoms with E-state index in [0.717, 1.165) is 9.80 Å². The number of sulfone groups is 1. The first-order valence-corrected chi connectivity index (χ1v) is 5.72. The highest BCUT2D eigenvalue weighted by atomic mass is 32.2. The minimum Gasteiger partial charge on any atom is -0.346 e. The van der Waals surface area contributed by atoms with Gasteiger partial charge < -0.3 is 9.80 Å². The Labute approximate surface area is 85.9 Å². The number of rotatable bonds is 2. The maximum Gasteiger partial charge on any atom is 0.501 e. The minimum atomic E-state index is -5.23. The van der Waals surface area contributed by atoms with E-state index in [1.54, 1.807) is 6.92 Å². The molecular weight excluding hydrogens is 233 g/mol. The largest absolute Gasteiger partial charge is 0.501 e. The van der Waals surface area contributed by atoms with Crippen LogP contribution in [0, 0.1) is 0 Å². The number of nitrogens with zero attached hydrogens (tertiary/aromatic N) is 2. The lowest BCUT2D eigenvalue weighted by Crippen LogP contribution is -2.48. The SMILES string of the molecule is CCN1C=CN(C)C1S(=O)(=O)C(F)(F)F. The normalized spacial score (nSPS) is 22.6. The van der Waals surface area contributed by atoms with Crippen LogP contribution in [0.3, 0.4) is 0 Å². The molecule has 0 N–H and O–H groups in total. The van der Waals surface area contributed by atoms with Crippen LogP contribution in [0.25, 0.3) is 0 Å². The van der Waals surface area contributed by atoms with E-state index < -0.39 is 20.8 Å². The number of halogens is 3. The highest BCUT2D eigenvalue weighted by Gasteiger charge is 2.54. The summed E-state index contributed by atoms with van der Waals surface area (Å²) in [5.41, 5.74) is -6.91. The first-order valence-electron chi connectivity index (χ1n) is 4.18. The smallest absolute Gasteiger partial charge is 0.346 e. The van der Waals surface area contributed by atoms with Crippen LogP contribution in [0.15, 0.2) is 12.4 Å². The van der Waals surface area contributed by atoms with E-state index >= 15 is 0 Å². The Morgan fingerprint density at radius 3 is 2.27 bits per heavy atom. The summed E-state index contributed by atoms with van der Waals surface area (Å²) >= 11 is 0. The van der Waals surface area contributed by atoms with Gasteiger partial charge in [0.25, 0.3) is 9.84 Å². The molecule has 0 spiro atoms. The maximum atomic E-state index is 12.3. The molecule has 15 heavy (non-hydrogen) atoms. The molecule has 4 nitrogen and oxygen atoms in total. The van der Waals surface area contributed by atoms with Crippen molar-refractivity contribution in [2.75, 3.05) is 13.6 Å². The van der Waals surface area contributed by atoms with Gasteiger partial charge in [0.1, 0.15) is 0 Å². The molecule has 1 unspecified atom stereocenters. The van der Waals surface area contributed by atoms with Gasteiger partial charge in [0, 0.05) is 26.0 Å². The Bertz CT molecular complexity index is 363. The third-order valence-corrected chi connectivity index (χ3v) is 3.89. The second-order valence-electron chi connectivity index (χ2n) is 3.11. The molecular formula is C7H11F3N2O2S. The predicted molar refractivity (Wildman–Crippen MR) is 48.0 cm³/mol. The van der Waals surface area contributed by atoms with Crippen molar-refractivity contribution in [3.63, 3.8) is 0 Å². The lowest BCUT2D eigenvalue weighted by Gasteiger charge is -2.29. The zero-order chi connectivity index (χ0) is 11.9. The van der Waals surface area contributed by atoms with Crippen LogP contribution in [0.2, 0.25) is 0 Å². The molecule has 1 aliphatic rings. The molecule has 0 aromatic rings. The number of hydrogen-bond acceptors (Lipinski definition) is 4. The first kappa shape index (κ1) is 12.2. The van der Waals surface area contributed by atoms with Crippen LogP contribution in [-0.4, -0.2) is 42.8 Å². The molecule has 0 saturated carbocycles. The summed E-state index contributed by atoms with van der Waals surface area (Å²) in [6.45, 7) is 1.78. The highest BCUT2D eigenvalue weighted by Crippen LogP contribution is 2.32. The highest BCUT2D eigenvalue weighted by molar-refractivity contribution is 7.92. The van der Waals surface area contributed by atoms with E-state index in [2.05, 4.69) is 0 Å². The Balaban J connectivity index is 3.08. The molecule has 0 aromatic heterocycles. The zero-order valence-corrected chi connectivity index (χ0v) is 9.01. The summed E-state index contributed by atoms with van der Waals surface area (Å²) in [6, 6.07) is 0. The van der Waals surface area contributed by atoms with E-state index in [1.807, 2.05) is 0 Å². The summed E-state index contributed by atoms with van der Waals surface area (Å²) in [5.74, 6) is 0. The molecule has 0 amide bonds. The van der Waals surface area contributed by atoms with Crippen molar-refractivity contribution in [3.05, 3.63) is 12.4 Å². The van der Waals surface area contributed by atoms with Crippen LogP contribution in [0.4, 0.5) is 13.2 Å². The van der Waals surface area contributed by atoms with E-state index in [0.29, 0.717) is 0 Å². The lowest BCUT2D eigenvalue weighted by molar-refractivity contribution is -0.0474. The van der Waals surface area contributed by atoms with Crippen LogP contribution >= 0.6 is 0 Å². The van der Waals surface area contributed by atoms with Crippen LogP contribution in [0.5, 0.6) is 0 Å². The van der Waals surface area contributed by atoms with Gasteiger partial charge in [0.15, 0.2) is 0 Å². The molecule has 8 heteroatoms. The summed E-state index contributed by atoms with van der Waals surface area (Å²) in [4.78, 5) is 2.13. The molecule has 0 fully saturated rings. The topological polar surface area (TPSA) is 40.6 Å². The standard InChI is InChI=1S/C7H11F3N2O2S/c1-3-12-5-4-11(2)6(12)15(13,14)7(8,9)10/h4-6H,3H2,1-2H3. The van der Waals surface area contributed by atoms with E-state index in [9.17, 15) is 21.6 Å². The average molecular weight is 244 g/mol. The third-order valence-electron chi connectivity index (χ3n) is 2.09. The number of alkyl halides is 3. The van der Waals surface area contributed by atoms with E-state index in [1.165, 1.54) is 19.4 Å². The van der Waals surface area contributed by atoms with Gasteiger partial charge in [0.05, 0.1) is 0 Å². The van der Waals surface area contributed by atoms with Crippen molar-refractivity contribution in [2.45, 2.75) is 17.9 Å². The Morgan fingerprint density at radius 1 is 1.33 bits per heavy atom. The van der Waals surface area contributed by atoms with Crippen molar-refractivity contribution in [1.29, 1.82) is 0 Å². The maximum absolute atomic E-state index is 12.3. The van der Waals surface area contributed by atoms with Gasteiger partial charge in [-0.1, -0.05) is 0 Å². The second-order valence-corrected chi connectivity index (χ2v) is 5.09. The summed E-state index contributed by atoms with van der Waals surface area (Å²) < 4.78 is 59.3. The monoisotopic (exact) mass is 244 g/mol. The molecule has 1 rings (SSSR count). The molecule has 1 aliphatic heterocycles. The third kappa shape index (κ3) is 1.90. The molecule has 0 bridgehead atoms. The zero-order valence-electron chi connectivity index (χ0n) is 8.19. The van der Waals surface area contributed by atoms with Gasteiger partial charge in [-0.15, -0.1) is 0 Å². The Hall–Kier alpha value is -0.920.